The molecule has 0 aromatic heterocycles. The van der Waals surface area contributed by atoms with Crippen LogP contribution >= 0.6 is 0 Å². The average molecular weight is 304 g/mol. The highest BCUT2D eigenvalue weighted by Gasteiger charge is 2.64. The summed E-state index contributed by atoms with van der Waals surface area (Å²) in [6, 6.07) is 0. The molecule has 4 aliphatic rings. The van der Waals surface area contributed by atoms with Crippen molar-refractivity contribution < 1.29 is 9.53 Å². The lowest BCUT2D eigenvalue weighted by atomic mass is 9.39. The normalized spacial score (nSPS) is 53.2. The lowest BCUT2D eigenvalue weighted by Gasteiger charge is -2.65. The maximum absolute atomic E-state index is 12.1. The monoisotopic (exact) mass is 304 g/mol. The Balaban J connectivity index is 1.72. The van der Waals surface area contributed by atoms with Crippen molar-refractivity contribution in [3.8, 4) is 0 Å². The van der Waals surface area contributed by atoms with E-state index in [1.807, 2.05) is 0 Å². The smallest absolute Gasteiger partial charge is 0.309 e. The highest BCUT2D eigenvalue weighted by molar-refractivity contribution is 5.75. The van der Waals surface area contributed by atoms with Gasteiger partial charge in [-0.15, -0.1) is 0 Å². The number of hydrogen-bond acceptors (Lipinski definition) is 2. The number of rotatable bonds is 0. The Morgan fingerprint density at radius 3 is 2.45 bits per heavy atom. The van der Waals surface area contributed by atoms with Gasteiger partial charge in [-0.3, -0.25) is 4.79 Å². The molecule has 2 heteroatoms. The first-order valence-electron chi connectivity index (χ1n) is 9.46. The van der Waals surface area contributed by atoms with Gasteiger partial charge in [0.25, 0.3) is 0 Å². The molecule has 6 unspecified atom stereocenters. The van der Waals surface area contributed by atoms with Gasteiger partial charge < -0.3 is 4.74 Å². The number of fused-ring (bicyclic) bond motifs is 5. The fourth-order valence-electron chi connectivity index (χ4n) is 7.66. The van der Waals surface area contributed by atoms with Crippen LogP contribution < -0.4 is 0 Å². The van der Waals surface area contributed by atoms with E-state index in [1.54, 1.807) is 0 Å². The largest absolute Gasteiger partial charge is 0.465 e. The van der Waals surface area contributed by atoms with Crippen LogP contribution in [-0.2, 0) is 9.53 Å². The average Bonchev–Trinajstić information content (AvgIpc) is 2.80. The quantitative estimate of drug-likeness (QED) is 0.600. The van der Waals surface area contributed by atoms with E-state index < -0.39 is 0 Å². The first-order chi connectivity index (χ1) is 10.3. The van der Waals surface area contributed by atoms with Gasteiger partial charge >= 0.3 is 5.97 Å². The van der Waals surface area contributed by atoms with Crippen LogP contribution in [0.15, 0.2) is 0 Å². The predicted octanol–water partition coefficient (Wildman–Crippen LogP) is 4.82. The van der Waals surface area contributed by atoms with E-state index in [4.69, 9.17) is 4.74 Å². The van der Waals surface area contributed by atoms with E-state index in [0.717, 1.165) is 18.3 Å². The van der Waals surface area contributed by atoms with Gasteiger partial charge in [-0.05, 0) is 66.6 Å². The summed E-state index contributed by atoms with van der Waals surface area (Å²) in [6.07, 6.45) is 9.16. The topological polar surface area (TPSA) is 26.3 Å². The molecule has 124 valence electrons. The molecule has 6 atom stereocenters. The molecule has 4 rings (SSSR count). The predicted molar refractivity (Wildman–Crippen MR) is 87.2 cm³/mol. The van der Waals surface area contributed by atoms with Crippen molar-refractivity contribution in [2.24, 2.45) is 39.9 Å². The van der Waals surface area contributed by atoms with Crippen molar-refractivity contribution in [3.05, 3.63) is 0 Å². The molecular weight excluding hydrogens is 272 g/mol. The van der Waals surface area contributed by atoms with Gasteiger partial charge in [-0.2, -0.15) is 0 Å². The van der Waals surface area contributed by atoms with E-state index in [-0.39, 0.29) is 11.9 Å². The molecule has 1 aliphatic heterocycles. The summed E-state index contributed by atoms with van der Waals surface area (Å²) in [4.78, 5) is 12.1. The molecule has 0 radical (unpaired) electrons. The number of ether oxygens (including phenoxy) is 1. The van der Waals surface area contributed by atoms with Crippen molar-refractivity contribution in [2.45, 2.75) is 72.6 Å². The molecule has 22 heavy (non-hydrogen) atoms. The first-order valence-corrected chi connectivity index (χ1v) is 9.46. The zero-order valence-electron chi connectivity index (χ0n) is 14.8. The molecule has 0 bridgehead atoms. The Hall–Kier alpha value is -0.530. The van der Waals surface area contributed by atoms with Gasteiger partial charge in [-0.1, -0.05) is 34.1 Å². The maximum Gasteiger partial charge on any atom is 0.309 e. The van der Waals surface area contributed by atoms with Gasteiger partial charge in [0, 0.05) is 5.92 Å². The molecule has 1 saturated heterocycles. The first kappa shape index (κ1) is 15.0. The van der Waals surface area contributed by atoms with Crippen molar-refractivity contribution in [3.63, 3.8) is 0 Å². The van der Waals surface area contributed by atoms with E-state index in [2.05, 4.69) is 27.7 Å². The summed E-state index contributed by atoms with van der Waals surface area (Å²) in [5, 5.41) is 0. The van der Waals surface area contributed by atoms with Gasteiger partial charge in [0.1, 0.15) is 0 Å². The second-order valence-electron chi connectivity index (χ2n) is 9.92. The number of carbonyl (C=O) groups is 1. The van der Waals surface area contributed by atoms with Crippen molar-refractivity contribution in [2.75, 3.05) is 6.61 Å². The Morgan fingerprint density at radius 1 is 0.909 bits per heavy atom. The summed E-state index contributed by atoms with van der Waals surface area (Å²) in [6.45, 7) is 10.8. The Bertz CT molecular complexity index is 496. The number of cyclic esters (lactones) is 1. The molecule has 0 N–H and O–H groups in total. The number of hydrogen-bond donors (Lipinski definition) is 0. The number of carbonyl (C=O) groups excluding carboxylic acids is 1. The SMILES string of the molecule is CC1(C)CCCC2(C)C1CCC1(C)C3COC(=O)C3CCC12. The van der Waals surface area contributed by atoms with Crippen molar-refractivity contribution in [1.29, 1.82) is 0 Å². The minimum atomic E-state index is 0.0981. The summed E-state index contributed by atoms with van der Waals surface area (Å²) >= 11 is 0. The Labute approximate surface area is 135 Å². The molecule has 0 amide bonds. The summed E-state index contributed by atoms with van der Waals surface area (Å²) in [5.74, 6) is 2.44. The van der Waals surface area contributed by atoms with E-state index >= 15 is 0 Å². The maximum atomic E-state index is 12.1. The van der Waals surface area contributed by atoms with Gasteiger partial charge in [0.15, 0.2) is 0 Å². The second kappa shape index (κ2) is 4.51. The Kier molecular flexibility index (Phi) is 3.08. The lowest BCUT2D eigenvalue weighted by Crippen LogP contribution is -2.59. The van der Waals surface area contributed by atoms with Gasteiger partial charge in [0.05, 0.1) is 12.5 Å². The van der Waals surface area contributed by atoms with Crippen LogP contribution in [-0.4, -0.2) is 12.6 Å². The molecule has 0 aromatic rings. The highest BCUT2D eigenvalue weighted by Crippen LogP contribution is 2.69. The van der Waals surface area contributed by atoms with Crippen LogP contribution in [0.25, 0.3) is 0 Å². The molecule has 1 heterocycles. The zero-order chi connectivity index (χ0) is 15.8. The third-order valence-electron chi connectivity index (χ3n) is 8.65. The standard InChI is InChI=1S/C20H32O2/c1-18(2)9-5-10-20(4)15(18)8-11-19(3)14-12-22-17(21)13(14)6-7-16(19)20/h13-16H,5-12H2,1-4H3. The zero-order valence-corrected chi connectivity index (χ0v) is 14.8. The van der Waals surface area contributed by atoms with Crippen LogP contribution in [0.5, 0.6) is 0 Å². The van der Waals surface area contributed by atoms with Crippen molar-refractivity contribution >= 4 is 5.97 Å². The minimum Gasteiger partial charge on any atom is -0.465 e. The minimum absolute atomic E-state index is 0.0981. The van der Waals surface area contributed by atoms with Crippen molar-refractivity contribution in [1.82, 2.24) is 0 Å². The third kappa shape index (κ3) is 1.76. The molecule has 3 aliphatic carbocycles. The molecule has 0 spiro atoms. The molecule has 0 aromatic carbocycles. The molecule has 2 nitrogen and oxygen atoms in total. The van der Waals surface area contributed by atoms with Crippen LogP contribution in [0.1, 0.15) is 72.6 Å². The third-order valence-corrected chi connectivity index (χ3v) is 8.65. The summed E-state index contributed by atoms with van der Waals surface area (Å²) in [7, 11) is 0. The fraction of sp³-hybridized carbons (Fsp3) is 0.950. The van der Waals surface area contributed by atoms with E-state index in [0.29, 0.717) is 28.8 Å². The lowest BCUT2D eigenvalue weighted by molar-refractivity contribution is -0.170. The summed E-state index contributed by atoms with van der Waals surface area (Å²) in [5.41, 5.74) is 1.30. The number of esters is 1. The van der Waals surface area contributed by atoms with E-state index in [9.17, 15) is 4.79 Å². The second-order valence-corrected chi connectivity index (χ2v) is 9.92. The van der Waals surface area contributed by atoms with Crippen LogP contribution in [0.3, 0.4) is 0 Å². The van der Waals surface area contributed by atoms with Crippen LogP contribution in [0, 0.1) is 39.9 Å². The fourth-order valence-corrected chi connectivity index (χ4v) is 7.66. The van der Waals surface area contributed by atoms with Gasteiger partial charge in [-0.25, -0.2) is 0 Å². The molecular formula is C20H32O2. The highest BCUT2D eigenvalue weighted by atomic mass is 16.5. The Morgan fingerprint density at radius 2 is 1.68 bits per heavy atom. The molecule has 4 fully saturated rings. The molecule has 3 saturated carbocycles. The van der Waals surface area contributed by atoms with Crippen LogP contribution in [0.2, 0.25) is 0 Å². The van der Waals surface area contributed by atoms with Crippen LogP contribution in [0.4, 0.5) is 0 Å². The van der Waals surface area contributed by atoms with Gasteiger partial charge in [0.2, 0.25) is 0 Å². The summed E-state index contributed by atoms with van der Waals surface area (Å²) < 4.78 is 5.49. The van der Waals surface area contributed by atoms with E-state index in [1.165, 1.54) is 38.5 Å².